The van der Waals surface area contributed by atoms with Crippen LogP contribution < -0.4 is 5.32 Å². The molecule has 0 heterocycles. The van der Waals surface area contributed by atoms with Crippen molar-refractivity contribution in [1.29, 1.82) is 0 Å². The van der Waals surface area contributed by atoms with E-state index in [9.17, 15) is 10.1 Å². The first-order valence-electron chi connectivity index (χ1n) is 5.22. The van der Waals surface area contributed by atoms with Crippen molar-refractivity contribution in [3.8, 4) is 0 Å². The zero-order valence-corrected chi connectivity index (χ0v) is 11.0. The molecule has 1 rings (SSSR count). The molecule has 0 aromatic heterocycles. The molecule has 16 heavy (non-hydrogen) atoms. The van der Waals surface area contributed by atoms with E-state index in [1.54, 1.807) is 6.07 Å². The number of hydrogen-bond donors (Lipinski definition) is 1. The minimum atomic E-state index is -0.400. The number of halogens is 1. The molecule has 0 radical (unpaired) electrons. The maximum atomic E-state index is 10.5. The van der Waals surface area contributed by atoms with Gasteiger partial charge in [-0.3, -0.25) is 10.1 Å². The van der Waals surface area contributed by atoms with Crippen LogP contribution in [0, 0.1) is 16.0 Å². The van der Waals surface area contributed by atoms with E-state index in [4.69, 9.17) is 0 Å². The number of nitro benzene ring substituents is 1. The average Bonchev–Trinajstić information content (AvgIpc) is 2.26. The van der Waals surface area contributed by atoms with E-state index in [2.05, 4.69) is 35.1 Å². The molecule has 4 nitrogen and oxygen atoms in total. The maximum absolute atomic E-state index is 10.5. The lowest BCUT2D eigenvalue weighted by atomic mass is 10.1. The highest BCUT2D eigenvalue weighted by molar-refractivity contribution is 9.10. The van der Waals surface area contributed by atoms with Gasteiger partial charge in [0.15, 0.2) is 0 Å². The van der Waals surface area contributed by atoms with E-state index in [1.807, 2.05) is 0 Å². The molecule has 0 saturated heterocycles. The summed E-state index contributed by atoms with van der Waals surface area (Å²) in [5.74, 6) is 0.585. The smallest absolute Gasteiger partial charge is 0.270 e. The zero-order chi connectivity index (χ0) is 12.1. The van der Waals surface area contributed by atoms with Gasteiger partial charge in [0.1, 0.15) is 0 Å². The van der Waals surface area contributed by atoms with Crippen LogP contribution >= 0.6 is 15.9 Å². The van der Waals surface area contributed by atoms with Crippen molar-refractivity contribution in [3.05, 3.63) is 32.8 Å². The minimum Gasteiger partial charge on any atom is -0.384 e. The first-order valence-corrected chi connectivity index (χ1v) is 6.01. The van der Waals surface area contributed by atoms with Gasteiger partial charge in [-0.1, -0.05) is 20.3 Å². The lowest BCUT2D eigenvalue weighted by molar-refractivity contribution is -0.384. The standard InChI is InChI=1S/C11H15BrN2O2/c1-3-8(2)7-13-11-5-4-9(14(15)16)6-10(11)12/h4-6,8,13H,3,7H2,1-2H3. The summed E-state index contributed by atoms with van der Waals surface area (Å²) in [7, 11) is 0. The van der Waals surface area contributed by atoms with Gasteiger partial charge in [0.05, 0.1) is 4.92 Å². The molecule has 0 aliphatic carbocycles. The van der Waals surface area contributed by atoms with Gasteiger partial charge in [-0.2, -0.15) is 0 Å². The summed E-state index contributed by atoms with van der Waals surface area (Å²) in [4.78, 5) is 10.1. The van der Waals surface area contributed by atoms with Gasteiger partial charge in [-0.15, -0.1) is 0 Å². The summed E-state index contributed by atoms with van der Waals surface area (Å²) in [6.45, 7) is 5.16. The van der Waals surface area contributed by atoms with Crippen LogP contribution in [0.3, 0.4) is 0 Å². The van der Waals surface area contributed by atoms with Gasteiger partial charge in [0.2, 0.25) is 0 Å². The van der Waals surface area contributed by atoms with E-state index < -0.39 is 4.92 Å². The Morgan fingerprint density at radius 2 is 2.25 bits per heavy atom. The Morgan fingerprint density at radius 1 is 1.56 bits per heavy atom. The molecule has 5 heteroatoms. The Balaban J connectivity index is 2.72. The monoisotopic (exact) mass is 286 g/mol. The zero-order valence-electron chi connectivity index (χ0n) is 9.37. The van der Waals surface area contributed by atoms with Gasteiger partial charge in [-0.25, -0.2) is 0 Å². The Morgan fingerprint density at radius 3 is 2.75 bits per heavy atom. The van der Waals surface area contributed by atoms with Gasteiger partial charge in [-0.05, 0) is 27.9 Å². The number of nitrogens with one attached hydrogen (secondary N) is 1. The normalized spacial score (nSPS) is 12.2. The molecule has 0 amide bonds. The predicted octanol–water partition coefficient (Wildman–Crippen LogP) is 3.82. The summed E-state index contributed by atoms with van der Waals surface area (Å²) in [5, 5.41) is 13.8. The number of rotatable bonds is 5. The van der Waals surface area contributed by atoms with Crippen LogP contribution in [0.2, 0.25) is 0 Å². The first-order chi connectivity index (χ1) is 7.54. The quantitative estimate of drug-likeness (QED) is 0.661. The molecule has 0 bridgehead atoms. The van der Waals surface area contributed by atoms with Crippen molar-refractivity contribution in [3.63, 3.8) is 0 Å². The van der Waals surface area contributed by atoms with Crippen LogP contribution in [0.5, 0.6) is 0 Å². The van der Waals surface area contributed by atoms with E-state index in [-0.39, 0.29) is 5.69 Å². The second-order valence-corrected chi connectivity index (χ2v) is 4.67. The number of hydrogen-bond acceptors (Lipinski definition) is 3. The van der Waals surface area contributed by atoms with Crippen LogP contribution in [0.15, 0.2) is 22.7 Å². The molecular formula is C11H15BrN2O2. The number of anilines is 1. The fourth-order valence-corrected chi connectivity index (χ4v) is 1.70. The van der Waals surface area contributed by atoms with Crippen LogP contribution in [-0.4, -0.2) is 11.5 Å². The second-order valence-electron chi connectivity index (χ2n) is 3.82. The lowest BCUT2D eigenvalue weighted by Crippen LogP contribution is -2.10. The second kappa shape index (κ2) is 5.84. The van der Waals surface area contributed by atoms with E-state index in [0.717, 1.165) is 23.1 Å². The molecule has 0 aliphatic rings. The third kappa shape index (κ3) is 3.48. The van der Waals surface area contributed by atoms with Crippen molar-refractivity contribution >= 4 is 27.3 Å². The highest BCUT2D eigenvalue weighted by Gasteiger charge is 2.09. The van der Waals surface area contributed by atoms with Crippen LogP contribution in [0.1, 0.15) is 20.3 Å². The van der Waals surface area contributed by atoms with Crippen molar-refractivity contribution in [2.75, 3.05) is 11.9 Å². The van der Waals surface area contributed by atoms with Crippen molar-refractivity contribution in [1.82, 2.24) is 0 Å². The van der Waals surface area contributed by atoms with Crippen LogP contribution in [0.4, 0.5) is 11.4 Å². The lowest BCUT2D eigenvalue weighted by Gasteiger charge is -2.12. The fourth-order valence-electron chi connectivity index (χ4n) is 1.19. The molecule has 1 aromatic carbocycles. The fraction of sp³-hybridized carbons (Fsp3) is 0.455. The highest BCUT2D eigenvalue weighted by Crippen LogP contribution is 2.27. The summed E-state index contributed by atoms with van der Waals surface area (Å²) < 4.78 is 0.727. The summed E-state index contributed by atoms with van der Waals surface area (Å²) in [6, 6.07) is 4.74. The molecular weight excluding hydrogens is 272 g/mol. The SMILES string of the molecule is CCC(C)CNc1ccc([N+](=O)[O-])cc1Br. The molecule has 0 fully saturated rings. The van der Waals surface area contributed by atoms with Gasteiger partial charge in [0.25, 0.3) is 5.69 Å². The third-order valence-electron chi connectivity index (χ3n) is 2.50. The van der Waals surface area contributed by atoms with E-state index >= 15 is 0 Å². The number of non-ortho nitro benzene ring substituents is 1. The summed E-state index contributed by atoms with van der Waals surface area (Å²) in [5.41, 5.74) is 0.992. The Kier molecular flexibility index (Phi) is 4.73. The highest BCUT2D eigenvalue weighted by atomic mass is 79.9. The van der Waals surface area contributed by atoms with Crippen molar-refractivity contribution < 1.29 is 4.92 Å². The molecule has 0 saturated carbocycles. The Labute approximate surface area is 103 Å². The van der Waals surface area contributed by atoms with Crippen LogP contribution in [0.25, 0.3) is 0 Å². The van der Waals surface area contributed by atoms with Crippen LogP contribution in [-0.2, 0) is 0 Å². The van der Waals surface area contributed by atoms with Gasteiger partial charge in [0, 0.05) is 28.8 Å². The molecule has 0 spiro atoms. The largest absolute Gasteiger partial charge is 0.384 e. The Bertz CT molecular complexity index is 382. The minimum absolute atomic E-state index is 0.0981. The first kappa shape index (κ1) is 13.0. The van der Waals surface area contributed by atoms with Crippen molar-refractivity contribution in [2.45, 2.75) is 20.3 Å². The maximum Gasteiger partial charge on any atom is 0.270 e. The molecule has 0 aliphatic heterocycles. The van der Waals surface area contributed by atoms with E-state index in [1.165, 1.54) is 12.1 Å². The molecule has 88 valence electrons. The van der Waals surface area contributed by atoms with E-state index in [0.29, 0.717) is 5.92 Å². The predicted molar refractivity (Wildman–Crippen MR) is 68.7 cm³/mol. The molecule has 1 atom stereocenters. The molecule has 1 unspecified atom stereocenters. The average molecular weight is 287 g/mol. The molecule has 1 aromatic rings. The number of nitrogens with zero attached hydrogens (tertiary/aromatic N) is 1. The summed E-state index contributed by atoms with van der Waals surface area (Å²) >= 11 is 3.32. The third-order valence-corrected chi connectivity index (χ3v) is 3.16. The van der Waals surface area contributed by atoms with Crippen molar-refractivity contribution in [2.24, 2.45) is 5.92 Å². The number of nitro groups is 1. The van der Waals surface area contributed by atoms with Gasteiger partial charge < -0.3 is 5.32 Å². The molecule has 1 N–H and O–H groups in total. The van der Waals surface area contributed by atoms with Gasteiger partial charge >= 0.3 is 0 Å². The topological polar surface area (TPSA) is 55.2 Å². The Hall–Kier alpha value is -1.10. The summed E-state index contributed by atoms with van der Waals surface area (Å²) in [6.07, 6.45) is 1.11. The number of benzene rings is 1.